The predicted molar refractivity (Wildman–Crippen MR) is 122 cm³/mol. The van der Waals surface area contributed by atoms with Crippen LogP contribution < -0.4 is 13.9 Å². The molecule has 0 fully saturated rings. The molecule has 0 radical (unpaired) electrons. The zero-order chi connectivity index (χ0) is 21.6. The Bertz CT molecular complexity index is 1060. The average molecular weight is 489 g/mol. The van der Waals surface area contributed by atoms with Crippen LogP contribution >= 0.6 is 0 Å². The molecule has 1 atom stereocenters. The molecule has 30 heavy (non-hydrogen) atoms. The van der Waals surface area contributed by atoms with E-state index >= 15 is 0 Å². The van der Waals surface area contributed by atoms with Gasteiger partial charge in [0.2, 0.25) is 0 Å². The van der Waals surface area contributed by atoms with Gasteiger partial charge < -0.3 is 0 Å². The molecule has 0 heterocycles. The zero-order valence-corrected chi connectivity index (χ0v) is 19.9. The van der Waals surface area contributed by atoms with Crippen molar-refractivity contribution in [1.29, 1.82) is 0 Å². The Labute approximate surface area is 185 Å². The molecule has 0 saturated heterocycles. The molecular formula is C24H26O4SSe. The third kappa shape index (κ3) is 5.88. The first kappa shape index (κ1) is 22.4. The van der Waals surface area contributed by atoms with E-state index in [1.54, 1.807) is 26.4 Å². The fourth-order valence-electron chi connectivity index (χ4n) is 3.18. The second-order valence-corrected chi connectivity index (χ2v) is 12.0. The number of aryl methyl sites for hydroxylation is 1. The van der Waals surface area contributed by atoms with E-state index in [9.17, 15) is 8.42 Å². The summed E-state index contributed by atoms with van der Waals surface area (Å²) in [4.78, 5) is 0.374. The van der Waals surface area contributed by atoms with E-state index in [-0.39, 0.29) is 25.5 Å². The second kappa shape index (κ2) is 10.2. The van der Waals surface area contributed by atoms with Gasteiger partial charge in [0.1, 0.15) is 0 Å². The van der Waals surface area contributed by atoms with Gasteiger partial charge in [-0.2, -0.15) is 0 Å². The van der Waals surface area contributed by atoms with Crippen molar-refractivity contribution in [2.45, 2.75) is 23.1 Å². The van der Waals surface area contributed by atoms with Gasteiger partial charge in [0.25, 0.3) is 0 Å². The molecule has 6 heteroatoms. The van der Waals surface area contributed by atoms with Crippen LogP contribution in [0.25, 0.3) is 0 Å². The predicted octanol–water partition coefficient (Wildman–Crippen LogP) is 3.85. The van der Waals surface area contributed by atoms with E-state index in [0.717, 1.165) is 11.1 Å². The van der Waals surface area contributed by atoms with Gasteiger partial charge in [-0.15, -0.1) is 0 Å². The number of rotatable bonds is 9. The van der Waals surface area contributed by atoms with E-state index in [2.05, 4.69) is 12.1 Å². The quantitative estimate of drug-likeness (QED) is 0.429. The molecule has 0 N–H and O–H groups in total. The van der Waals surface area contributed by atoms with Gasteiger partial charge >= 0.3 is 186 Å². The standard InChI is InChI=1S/C24H26O4SSe/c1-18-9-12-20(13-10-18)29(25,26)17-22(30-21-7-5-4-6-8-21)15-19-11-14-23(27-2)24(16-19)28-3/h4-14,16,22H,15,17H2,1-3H3. The van der Waals surface area contributed by atoms with E-state index in [4.69, 9.17) is 9.47 Å². The molecule has 0 aromatic heterocycles. The summed E-state index contributed by atoms with van der Waals surface area (Å²) in [7, 11) is -0.175. The first-order chi connectivity index (χ1) is 14.4. The fourth-order valence-corrected chi connectivity index (χ4v) is 8.20. The topological polar surface area (TPSA) is 52.6 Å². The summed E-state index contributed by atoms with van der Waals surface area (Å²) < 4.78 is 38.2. The van der Waals surface area contributed by atoms with Crippen LogP contribution in [0.1, 0.15) is 11.1 Å². The monoisotopic (exact) mass is 490 g/mol. The van der Waals surface area contributed by atoms with Crippen LogP contribution in [-0.4, -0.2) is 43.3 Å². The maximum atomic E-state index is 13.1. The number of hydrogen-bond acceptors (Lipinski definition) is 4. The number of hydrogen-bond donors (Lipinski definition) is 0. The van der Waals surface area contributed by atoms with Crippen molar-refractivity contribution in [3.05, 3.63) is 83.9 Å². The molecule has 3 aromatic carbocycles. The molecule has 0 amide bonds. The molecule has 0 aliphatic heterocycles. The Balaban J connectivity index is 1.87. The number of benzene rings is 3. The molecule has 0 saturated carbocycles. The fraction of sp³-hybridized carbons (Fsp3) is 0.250. The van der Waals surface area contributed by atoms with Gasteiger partial charge in [0.15, 0.2) is 0 Å². The molecule has 158 valence electrons. The van der Waals surface area contributed by atoms with Crippen LogP contribution in [-0.2, 0) is 16.3 Å². The minimum atomic E-state index is -3.39. The van der Waals surface area contributed by atoms with Gasteiger partial charge in [-0.1, -0.05) is 0 Å². The first-order valence-electron chi connectivity index (χ1n) is 9.63. The van der Waals surface area contributed by atoms with Crippen molar-refractivity contribution in [2.75, 3.05) is 20.0 Å². The second-order valence-electron chi connectivity index (χ2n) is 7.04. The van der Waals surface area contributed by atoms with Crippen molar-refractivity contribution in [3.63, 3.8) is 0 Å². The third-order valence-corrected chi connectivity index (χ3v) is 9.59. The molecule has 0 aliphatic carbocycles. The van der Waals surface area contributed by atoms with E-state index < -0.39 is 9.84 Å². The summed E-state index contributed by atoms with van der Waals surface area (Å²) >= 11 is 0.00614. The number of methoxy groups -OCH3 is 2. The summed E-state index contributed by atoms with van der Waals surface area (Å²) in [5.74, 6) is 1.43. The Morgan fingerprint density at radius 1 is 0.867 bits per heavy atom. The number of sulfone groups is 1. The van der Waals surface area contributed by atoms with Crippen molar-refractivity contribution in [1.82, 2.24) is 0 Å². The van der Waals surface area contributed by atoms with Gasteiger partial charge in [-0.25, -0.2) is 0 Å². The average Bonchev–Trinajstić information content (AvgIpc) is 2.74. The summed E-state index contributed by atoms with van der Waals surface area (Å²) in [6.45, 7) is 1.95. The van der Waals surface area contributed by atoms with Gasteiger partial charge in [0, 0.05) is 0 Å². The Morgan fingerprint density at radius 3 is 2.17 bits per heavy atom. The summed E-state index contributed by atoms with van der Waals surface area (Å²) in [5, 5.41) is 0. The van der Waals surface area contributed by atoms with Crippen LogP contribution in [0.5, 0.6) is 11.5 Å². The number of ether oxygens (including phenoxy) is 2. The van der Waals surface area contributed by atoms with Gasteiger partial charge in [-0.05, 0) is 0 Å². The summed E-state index contributed by atoms with van der Waals surface area (Å²) in [6, 6.07) is 23.0. The third-order valence-electron chi connectivity index (χ3n) is 4.74. The van der Waals surface area contributed by atoms with Crippen molar-refractivity contribution >= 4 is 29.3 Å². The van der Waals surface area contributed by atoms with Crippen LogP contribution in [0.15, 0.2) is 77.7 Å². The normalized spacial score (nSPS) is 12.4. The molecule has 0 spiro atoms. The van der Waals surface area contributed by atoms with E-state index in [0.29, 0.717) is 22.8 Å². The molecule has 3 rings (SSSR count). The molecule has 0 aliphatic rings. The van der Waals surface area contributed by atoms with Crippen molar-refractivity contribution in [3.8, 4) is 11.5 Å². The van der Waals surface area contributed by atoms with E-state index in [1.807, 2.05) is 55.5 Å². The Morgan fingerprint density at radius 2 is 1.53 bits per heavy atom. The first-order valence-corrected chi connectivity index (χ1v) is 13.1. The van der Waals surface area contributed by atoms with Crippen LogP contribution in [0, 0.1) is 6.92 Å². The molecule has 3 aromatic rings. The van der Waals surface area contributed by atoms with Crippen molar-refractivity contribution in [2.24, 2.45) is 0 Å². The van der Waals surface area contributed by atoms with E-state index in [1.165, 1.54) is 4.46 Å². The maximum absolute atomic E-state index is 13.1. The van der Waals surface area contributed by atoms with Gasteiger partial charge in [-0.3, -0.25) is 0 Å². The molecule has 1 unspecified atom stereocenters. The molecule has 4 nitrogen and oxygen atoms in total. The Hall–Kier alpha value is -2.27. The van der Waals surface area contributed by atoms with Crippen LogP contribution in [0.4, 0.5) is 0 Å². The Kier molecular flexibility index (Phi) is 7.59. The van der Waals surface area contributed by atoms with Crippen molar-refractivity contribution < 1.29 is 17.9 Å². The minimum absolute atomic E-state index is 0.00614. The summed E-state index contributed by atoms with van der Waals surface area (Å²) in [5.41, 5.74) is 2.08. The summed E-state index contributed by atoms with van der Waals surface area (Å²) in [6.07, 6.45) is 0.653. The zero-order valence-electron chi connectivity index (χ0n) is 17.4. The molecule has 0 bridgehead atoms. The SMILES string of the molecule is COc1ccc(CC(CS(=O)(=O)c2ccc(C)cc2)[Se]c2ccccc2)cc1OC. The van der Waals surface area contributed by atoms with Crippen LogP contribution in [0.3, 0.4) is 0 Å². The molecular weight excluding hydrogens is 463 g/mol. The van der Waals surface area contributed by atoms with Crippen LogP contribution in [0.2, 0.25) is 4.82 Å². The van der Waals surface area contributed by atoms with Gasteiger partial charge in [0.05, 0.1) is 0 Å².